The SMILES string of the molecule is Cc1ccc(NC(=O)NC(C)c2c(-n3cccc3)sc3c2CCCC3)cc1. The van der Waals surface area contributed by atoms with Gasteiger partial charge in [-0.3, -0.25) is 0 Å². The Morgan fingerprint density at radius 3 is 2.56 bits per heavy atom. The van der Waals surface area contributed by atoms with E-state index < -0.39 is 0 Å². The van der Waals surface area contributed by atoms with Gasteiger partial charge in [-0.05, 0) is 69.4 Å². The molecular weight excluding hydrogens is 354 g/mol. The normalized spacial score (nSPS) is 14.4. The van der Waals surface area contributed by atoms with Gasteiger partial charge in [0, 0.05) is 28.5 Å². The molecule has 1 atom stereocenters. The van der Waals surface area contributed by atoms with E-state index in [2.05, 4.69) is 34.5 Å². The molecular formula is C22H25N3OS. The number of nitrogens with zero attached hydrogens (tertiary/aromatic N) is 1. The number of amides is 2. The molecule has 2 aromatic heterocycles. The van der Waals surface area contributed by atoms with Crippen LogP contribution in [0.5, 0.6) is 0 Å². The van der Waals surface area contributed by atoms with Gasteiger partial charge in [0.2, 0.25) is 0 Å². The van der Waals surface area contributed by atoms with Crippen molar-refractivity contribution in [3.05, 3.63) is 70.4 Å². The molecule has 5 heteroatoms. The number of carbonyl (C=O) groups excluding carboxylic acids is 1. The van der Waals surface area contributed by atoms with E-state index in [1.54, 1.807) is 0 Å². The van der Waals surface area contributed by atoms with Crippen molar-refractivity contribution >= 4 is 23.1 Å². The highest BCUT2D eigenvalue weighted by molar-refractivity contribution is 7.15. The van der Waals surface area contributed by atoms with Gasteiger partial charge in [0.05, 0.1) is 6.04 Å². The zero-order chi connectivity index (χ0) is 18.8. The standard InChI is InChI=1S/C22H25N3OS/c1-15-9-11-17(12-10-15)24-22(26)23-16(2)20-18-7-3-4-8-19(18)27-21(20)25-13-5-6-14-25/h5-6,9-14,16H,3-4,7-8H2,1-2H3,(H2,23,24,26). The van der Waals surface area contributed by atoms with Crippen LogP contribution in [0.25, 0.3) is 5.00 Å². The number of carbonyl (C=O) groups is 1. The molecule has 1 unspecified atom stereocenters. The number of aromatic nitrogens is 1. The molecule has 0 saturated heterocycles. The molecule has 27 heavy (non-hydrogen) atoms. The van der Waals surface area contributed by atoms with Gasteiger partial charge in [0.15, 0.2) is 0 Å². The second kappa shape index (κ2) is 7.61. The van der Waals surface area contributed by atoms with E-state index in [1.807, 2.05) is 54.7 Å². The highest BCUT2D eigenvalue weighted by atomic mass is 32.1. The van der Waals surface area contributed by atoms with Crippen molar-refractivity contribution < 1.29 is 4.79 Å². The number of anilines is 1. The van der Waals surface area contributed by atoms with Crippen LogP contribution in [0.1, 0.15) is 47.4 Å². The van der Waals surface area contributed by atoms with E-state index in [1.165, 1.54) is 39.4 Å². The lowest BCUT2D eigenvalue weighted by molar-refractivity contribution is 0.249. The van der Waals surface area contributed by atoms with Gasteiger partial charge in [-0.1, -0.05) is 17.7 Å². The van der Waals surface area contributed by atoms with Crippen molar-refractivity contribution in [1.82, 2.24) is 9.88 Å². The van der Waals surface area contributed by atoms with E-state index in [-0.39, 0.29) is 12.1 Å². The molecule has 1 aliphatic rings. The van der Waals surface area contributed by atoms with E-state index >= 15 is 0 Å². The Morgan fingerprint density at radius 2 is 1.81 bits per heavy atom. The summed E-state index contributed by atoms with van der Waals surface area (Å²) >= 11 is 1.87. The number of rotatable bonds is 4. The van der Waals surface area contributed by atoms with Crippen molar-refractivity contribution in [2.45, 2.75) is 45.6 Å². The summed E-state index contributed by atoms with van der Waals surface area (Å²) in [6.45, 7) is 4.12. The zero-order valence-corrected chi connectivity index (χ0v) is 16.6. The average molecular weight is 380 g/mol. The number of urea groups is 1. The Hall–Kier alpha value is -2.53. The summed E-state index contributed by atoms with van der Waals surface area (Å²) in [7, 11) is 0. The summed E-state index contributed by atoms with van der Waals surface area (Å²) in [5, 5.41) is 7.32. The fourth-order valence-electron chi connectivity index (χ4n) is 3.76. The lowest BCUT2D eigenvalue weighted by atomic mass is 9.93. The van der Waals surface area contributed by atoms with Gasteiger partial charge in [-0.25, -0.2) is 4.79 Å². The minimum atomic E-state index is -0.166. The number of benzene rings is 1. The fraction of sp³-hybridized carbons (Fsp3) is 0.318. The zero-order valence-electron chi connectivity index (χ0n) is 15.8. The summed E-state index contributed by atoms with van der Waals surface area (Å²) in [6, 6.07) is 11.7. The minimum absolute atomic E-state index is 0.0500. The third kappa shape index (κ3) is 3.78. The molecule has 140 valence electrons. The predicted molar refractivity (Wildman–Crippen MR) is 112 cm³/mol. The Kier molecular flexibility index (Phi) is 5.03. The quantitative estimate of drug-likeness (QED) is 0.608. The second-order valence-corrected chi connectivity index (χ2v) is 8.29. The number of thiophene rings is 1. The number of hydrogen-bond donors (Lipinski definition) is 2. The molecule has 2 N–H and O–H groups in total. The molecule has 3 aromatic rings. The molecule has 4 rings (SSSR count). The molecule has 1 aromatic carbocycles. The number of fused-ring (bicyclic) bond motifs is 1. The highest BCUT2D eigenvalue weighted by Crippen LogP contribution is 2.40. The van der Waals surface area contributed by atoms with Crippen LogP contribution < -0.4 is 10.6 Å². The molecule has 4 nitrogen and oxygen atoms in total. The Morgan fingerprint density at radius 1 is 1.11 bits per heavy atom. The van der Waals surface area contributed by atoms with Crippen LogP contribution in [-0.2, 0) is 12.8 Å². The van der Waals surface area contributed by atoms with Crippen molar-refractivity contribution in [3.8, 4) is 5.00 Å². The first kappa shape index (κ1) is 17.9. The van der Waals surface area contributed by atoms with Crippen molar-refractivity contribution in [1.29, 1.82) is 0 Å². The molecule has 0 fully saturated rings. The average Bonchev–Trinajstić information content (AvgIpc) is 3.30. The Labute approximate surface area is 164 Å². The van der Waals surface area contributed by atoms with Gasteiger partial charge in [-0.2, -0.15) is 0 Å². The first-order chi connectivity index (χ1) is 13.1. The molecule has 0 radical (unpaired) electrons. The number of nitrogens with one attached hydrogen (secondary N) is 2. The highest BCUT2D eigenvalue weighted by Gasteiger charge is 2.25. The molecule has 1 aliphatic carbocycles. The Balaban J connectivity index is 1.57. The third-order valence-electron chi connectivity index (χ3n) is 5.12. The fourth-order valence-corrected chi connectivity index (χ4v) is 5.21. The van der Waals surface area contributed by atoms with Crippen LogP contribution >= 0.6 is 11.3 Å². The van der Waals surface area contributed by atoms with E-state index in [4.69, 9.17) is 0 Å². The van der Waals surface area contributed by atoms with Crippen molar-refractivity contribution in [2.75, 3.05) is 5.32 Å². The molecule has 0 bridgehead atoms. The molecule has 2 heterocycles. The van der Waals surface area contributed by atoms with Crippen molar-refractivity contribution in [2.24, 2.45) is 0 Å². The van der Waals surface area contributed by atoms with Crippen LogP contribution in [0, 0.1) is 6.92 Å². The van der Waals surface area contributed by atoms with Gasteiger partial charge < -0.3 is 15.2 Å². The summed E-state index contributed by atoms with van der Waals surface area (Å²) in [6.07, 6.45) is 8.91. The topological polar surface area (TPSA) is 46.1 Å². The largest absolute Gasteiger partial charge is 0.331 e. The number of hydrogen-bond acceptors (Lipinski definition) is 2. The summed E-state index contributed by atoms with van der Waals surface area (Å²) in [5.74, 6) is 0. The van der Waals surface area contributed by atoms with E-state index in [0.717, 1.165) is 18.5 Å². The van der Waals surface area contributed by atoms with Crippen LogP contribution in [0.2, 0.25) is 0 Å². The molecule has 2 amide bonds. The maximum atomic E-state index is 12.5. The monoisotopic (exact) mass is 379 g/mol. The predicted octanol–water partition coefficient (Wildman–Crippen LogP) is 5.61. The molecule has 0 spiro atoms. The van der Waals surface area contributed by atoms with E-state index in [0.29, 0.717) is 0 Å². The van der Waals surface area contributed by atoms with Crippen LogP contribution in [0.3, 0.4) is 0 Å². The number of aryl methyl sites for hydroxylation is 2. The first-order valence-electron chi connectivity index (χ1n) is 9.54. The summed E-state index contributed by atoms with van der Waals surface area (Å²) in [5.41, 5.74) is 4.70. The van der Waals surface area contributed by atoms with Gasteiger partial charge in [-0.15, -0.1) is 11.3 Å². The molecule has 0 saturated carbocycles. The van der Waals surface area contributed by atoms with Crippen LogP contribution in [-0.4, -0.2) is 10.6 Å². The maximum absolute atomic E-state index is 12.5. The Bertz CT molecular complexity index is 925. The van der Waals surface area contributed by atoms with Crippen molar-refractivity contribution in [3.63, 3.8) is 0 Å². The maximum Gasteiger partial charge on any atom is 0.319 e. The minimum Gasteiger partial charge on any atom is -0.331 e. The lowest BCUT2D eigenvalue weighted by Crippen LogP contribution is -2.32. The third-order valence-corrected chi connectivity index (χ3v) is 6.44. The van der Waals surface area contributed by atoms with Crippen LogP contribution in [0.4, 0.5) is 10.5 Å². The summed E-state index contributed by atoms with van der Waals surface area (Å²) in [4.78, 5) is 14.0. The smallest absolute Gasteiger partial charge is 0.319 e. The lowest BCUT2D eigenvalue weighted by Gasteiger charge is -2.20. The molecule has 0 aliphatic heterocycles. The van der Waals surface area contributed by atoms with Gasteiger partial charge in [0.25, 0.3) is 0 Å². The van der Waals surface area contributed by atoms with Gasteiger partial charge in [0.1, 0.15) is 5.00 Å². The first-order valence-corrected chi connectivity index (χ1v) is 10.4. The summed E-state index contributed by atoms with van der Waals surface area (Å²) < 4.78 is 2.17. The van der Waals surface area contributed by atoms with Gasteiger partial charge >= 0.3 is 6.03 Å². The van der Waals surface area contributed by atoms with Crippen LogP contribution in [0.15, 0.2) is 48.8 Å². The second-order valence-electron chi connectivity index (χ2n) is 7.21. The van der Waals surface area contributed by atoms with E-state index in [9.17, 15) is 4.79 Å².